The number of benzene rings is 3. The summed E-state index contributed by atoms with van der Waals surface area (Å²) in [6.45, 7) is 2.12. The summed E-state index contributed by atoms with van der Waals surface area (Å²) >= 11 is 4.64. The molecule has 1 fully saturated rings. The summed E-state index contributed by atoms with van der Waals surface area (Å²) < 4.78 is 20.1. The number of aromatic nitrogens is 1. The first kappa shape index (κ1) is 30.2. The Morgan fingerprint density at radius 3 is 2.20 bits per heavy atom. The molecule has 3 N–H and O–H groups in total. The van der Waals surface area contributed by atoms with Crippen LogP contribution in [0.3, 0.4) is 0 Å². The second-order valence-corrected chi connectivity index (χ2v) is 8.88. The molecule has 10 heteroatoms. The van der Waals surface area contributed by atoms with Gasteiger partial charge in [-0.15, -0.1) is 11.6 Å². The molecule has 0 radical (unpaired) electrons. The molecule has 8 nitrogen and oxygen atoms in total. The Labute approximate surface area is 237 Å². The number of halogens is 2. The average Bonchev–Trinajstić information content (AvgIpc) is 3.00. The Bertz CT molecular complexity index is 1560. The van der Waals surface area contributed by atoms with Crippen molar-refractivity contribution in [3.63, 3.8) is 0 Å². The van der Waals surface area contributed by atoms with Crippen LogP contribution in [0.25, 0.3) is 10.9 Å². The molecule has 1 aliphatic rings. The molecule has 3 aromatic carbocycles. The number of fused-ring (bicyclic) bond motifs is 1. The minimum absolute atomic E-state index is 0. The fraction of sp³-hybridized carbons (Fsp3) is 0.233. The molecule has 1 amide bonds. The summed E-state index contributed by atoms with van der Waals surface area (Å²) in [5.74, 6) is 0.271. The molecule has 0 unspecified atom stereocenters. The molecule has 40 heavy (non-hydrogen) atoms. The zero-order valence-electron chi connectivity index (χ0n) is 22.4. The zero-order chi connectivity index (χ0) is 27.9. The van der Waals surface area contributed by atoms with Gasteiger partial charge in [-0.25, -0.2) is 4.39 Å². The first-order chi connectivity index (χ1) is 19.0. The number of pyridine rings is 1. The van der Waals surface area contributed by atoms with E-state index in [1.165, 1.54) is 18.5 Å². The molecule has 0 saturated carbocycles. The van der Waals surface area contributed by atoms with Crippen LogP contribution in [0.4, 0.5) is 10.1 Å². The van der Waals surface area contributed by atoms with Crippen LogP contribution in [-0.4, -0.2) is 55.0 Å². The summed E-state index contributed by atoms with van der Waals surface area (Å²) in [6.07, 6.45) is 1.47. The van der Waals surface area contributed by atoms with Gasteiger partial charge in [0.2, 0.25) is 0 Å². The maximum absolute atomic E-state index is 13.5. The molecule has 0 atom stereocenters. The largest absolute Gasteiger partial charge is 0.497 e. The number of rotatable bonds is 5. The van der Waals surface area contributed by atoms with Gasteiger partial charge < -0.3 is 25.3 Å². The number of nitriles is 1. The van der Waals surface area contributed by atoms with Gasteiger partial charge in [-0.1, -0.05) is 30.3 Å². The zero-order valence-corrected chi connectivity index (χ0v) is 23.2. The predicted octanol–water partition coefficient (Wildman–Crippen LogP) is 5.05. The molecule has 1 saturated heterocycles. The lowest BCUT2D eigenvalue weighted by Gasteiger charge is -2.37. The quantitative estimate of drug-likeness (QED) is 0.340. The highest BCUT2D eigenvalue weighted by molar-refractivity contribution is 6.15. The molecule has 0 aliphatic carbocycles. The van der Waals surface area contributed by atoms with E-state index in [4.69, 9.17) is 4.74 Å². The minimum atomic E-state index is -0.391. The van der Waals surface area contributed by atoms with Gasteiger partial charge >= 0.3 is 0 Å². The number of hydrogen-bond donors (Lipinski definition) is 1. The van der Waals surface area contributed by atoms with Gasteiger partial charge in [0.25, 0.3) is 11.5 Å². The second-order valence-electron chi connectivity index (χ2n) is 8.88. The molecule has 0 spiro atoms. The number of alkyl halides is 1. The highest BCUT2D eigenvalue weighted by atomic mass is 35.5. The van der Waals surface area contributed by atoms with E-state index in [1.54, 1.807) is 53.0 Å². The van der Waals surface area contributed by atoms with Crippen LogP contribution in [0.2, 0.25) is 0 Å². The van der Waals surface area contributed by atoms with Crippen molar-refractivity contribution < 1.29 is 13.9 Å². The number of carbonyl (C=O) groups excluding carboxylic acids is 1. The monoisotopic (exact) mass is 563 g/mol. The molecule has 1 aromatic heterocycles. The molecule has 4 aromatic rings. The van der Waals surface area contributed by atoms with E-state index in [1.807, 2.05) is 29.2 Å². The lowest BCUT2D eigenvalue weighted by Crippen LogP contribution is -2.49. The second kappa shape index (κ2) is 13.6. The van der Waals surface area contributed by atoms with E-state index in [9.17, 15) is 19.2 Å². The van der Waals surface area contributed by atoms with Crippen molar-refractivity contribution >= 4 is 34.1 Å². The molecule has 5 rings (SSSR count). The fourth-order valence-electron chi connectivity index (χ4n) is 4.80. The van der Waals surface area contributed by atoms with E-state index in [-0.39, 0.29) is 30.0 Å². The maximum Gasteiger partial charge on any atom is 0.271 e. The number of anilines is 1. The van der Waals surface area contributed by atoms with Crippen LogP contribution in [-0.2, 0) is 6.54 Å². The van der Waals surface area contributed by atoms with Gasteiger partial charge in [-0.05, 0) is 48.0 Å². The topological polar surface area (TPSA) is 114 Å². The van der Waals surface area contributed by atoms with Crippen molar-refractivity contribution in [2.45, 2.75) is 6.54 Å². The Morgan fingerprint density at radius 1 is 0.975 bits per heavy atom. The van der Waals surface area contributed by atoms with E-state index in [2.05, 4.69) is 17.7 Å². The summed E-state index contributed by atoms with van der Waals surface area (Å²) in [5, 5.41) is 10.8. The summed E-state index contributed by atoms with van der Waals surface area (Å²) in [7, 11) is 1.58. The lowest BCUT2D eigenvalue weighted by atomic mass is 10.1. The van der Waals surface area contributed by atoms with Crippen LogP contribution in [0, 0.1) is 17.1 Å². The van der Waals surface area contributed by atoms with Crippen LogP contribution in [0.5, 0.6) is 5.75 Å². The summed E-state index contributed by atoms with van der Waals surface area (Å²) in [4.78, 5) is 30.3. The SMILES string of the molecule is CCl.COc1ccc(C(=O)N2CCN(c3c(C#N)c(=O)n(Cc4ccc(F)cc4)c4ccccc34)CC2)cc1.N. The van der Waals surface area contributed by atoms with Crippen molar-refractivity contribution in [2.75, 3.05) is 44.6 Å². The molecule has 208 valence electrons. The molecular weight excluding hydrogens is 533 g/mol. The Morgan fingerprint density at radius 2 is 1.60 bits per heavy atom. The fourth-order valence-corrected chi connectivity index (χ4v) is 4.80. The van der Waals surface area contributed by atoms with Crippen molar-refractivity contribution in [1.29, 1.82) is 5.26 Å². The Hall–Kier alpha value is -4.39. The summed E-state index contributed by atoms with van der Waals surface area (Å²) in [5.41, 5.74) is 2.31. The number of piperazine rings is 1. The first-order valence-corrected chi connectivity index (χ1v) is 13.1. The number of para-hydroxylation sites is 1. The van der Waals surface area contributed by atoms with Gasteiger partial charge in [-0.3, -0.25) is 9.59 Å². The van der Waals surface area contributed by atoms with E-state index in [0.717, 1.165) is 10.9 Å². The third-order valence-electron chi connectivity index (χ3n) is 6.73. The Balaban J connectivity index is 0.00000144. The van der Waals surface area contributed by atoms with Crippen molar-refractivity contribution in [3.8, 4) is 11.8 Å². The third kappa shape index (κ3) is 6.09. The molecule has 2 heterocycles. The number of methoxy groups -OCH3 is 1. The van der Waals surface area contributed by atoms with E-state index >= 15 is 0 Å². The van der Waals surface area contributed by atoms with Crippen LogP contribution in [0.1, 0.15) is 21.5 Å². The minimum Gasteiger partial charge on any atom is -0.497 e. The van der Waals surface area contributed by atoms with Gasteiger partial charge in [0.05, 0.1) is 24.9 Å². The highest BCUT2D eigenvalue weighted by Crippen LogP contribution is 2.30. The maximum atomic E-state index is 13.5. The average molecular weight is 564 g/mol. The van der Waals surface area contributed by atoms with Crippen LogP contribution in [0.15, 0.2) is 77.6 Å². The predicted molar refractivity (Wildman–Crippen MR) is 156 cm³/mol. The van der Waals surface area contributed by atoms with Crippen molar-refractivity contribution in [1.82, 2.24) is 15.6 Å². The van der Waals surface area contributed by atoms with Gasteiger partial charge in [0, 0.05) is 43.5 Å². The van der Waals surface area contributed by atoms with Gasteiger partial charge in [0.15, 0.2) is 0 Å². The standard InChI is InChI=1S/C29H25FN4O3.CH3Cl.H3N/c1-37-23-12-8-21(9-13-23)28(35)33-16-14-32(15-17-33)27-24-4-2-3-5-26(24)34(29(36)25(27)18-31)19-20-6-10-22(30)11-7-20;1-2;/h2-13H,14-17,19H2,1H3;1H3;1H3. The molecule has 0 bridgehead atoms. The molecule has 1 aliphatic heterocycles. The number of amides is 1. The number of ether oxygens (including phenoxy) is 1. The number of carbonyl (C=O) groups is 1. The van der Waals surface area contributed by atoms with Gasteiger partial charge in [-0.2, -0.15) is 5.26 Å². The number of hydrogen-bond acceptors (Lipinski definition) is 6. The van der Waals surface area contributed by atoms with E-state index < -0.39 is 5.56 Å². The lowest BCUT2D eigenvalue weighted by molar-refractivity contribution is 0.0747. The summed E-state index contributed by atoms with van der Waals surface area (Å²) in [6, 6.07) is 22.6. The number of nitrogens with zero attached hydrogens (tertiary/aromatic N) is 4. The first-order valence-electron chi connectivity index (χ1n) is 12.4. The van der Waals surface area contributed by atoms with Crippen molar-refractivity contribution in [3.05, 3.63) is 106 Å². The van der Waals surface area contributed by atoms with Crippen LogP contribution >= 0.6 is 11.6 Å². The molecular formula is C30H31ClFN5O3. The van der Waals surface area contributed by atoms with Gasteiger partial charge in [0.1, 0.15) is 23.2 Å². The third-order valence-corrected chi connectivity index (χ3v) is 6.73. The van der Waals surface area contributed by atoms with Crippen LogP contribution < -0.4 is 21.3 Å². The highest BCUT2D eigenvalue weighted by Gasteiger charge is 2.27. The smallest absolute Gasteiger partial charge is 0.271 e. The van der Waals surface area contributed by atoms with E-state index in [0.29, 0.717) is 48.7 Å². The van der Waals surface area contributed by atoms with Crippen molar-refractivity contribution in [2.24, 2.45) is 0 Å². The normalized spacial score (nSPS) is 12.6. The Kier molecular flexibility index (Phi) is 10.3.